The zero-order valence-corrected chi connectivity index (χ0v) is 39.4. The average molecular weight is 921 g/mol. The Kier molecular flexibility index (Phi) is 8.93. The van der Waals surface area contributed by atoms with Gasteiger partial charge in [-0.25, -0.2) is 9.98 Å². The molecule has 0 fully saturated rings. The van der Waals surface area contributed by atoms with Crippen LogP contribution in [0, 0.1) is 5.92 Å². The number of hydrogen-bond acceptors (Lipinski definition) is 3. The lowest BCUT2D eigenvalue weighted by molar-refractivity contribution is 0.672. The molecule has 1 aliphatic heterocycles. The normalized spacial score (nSPS) is 16.7. The summed E-state index contributed by atoms with van der Waals surface area (Å²) in [5, 5.41) is 13.6. The van der Waals surface area contributed by atoms with Crippen molar-refractivity contribution in [3.8, 4) is 11.4 Å². The van der Waals surface area contributed by atoms with Gasteiger partial charge in [-0.2, -0.15) is 0 Å². The number of para-hydroxylation sites is 4. The number of rotatable bonds is 5. The highest BCUT2D eigenvalue weighted by Gasteiger charge is 2.29. The number of aliphatic imine (C=N–C) groups is 2. The van der Waals surface area contributed by atoms with Gasteiger partial charge in [0.1, 0.15) is 11.2 Å². The number of nitrogens with zero attached hydrogens (tertiary/aromatic N) is 4. The molecule has 14 aromatic rings. The van der Waals surface area contributed by atoms with Crippen LogP contribution in [0.3, 0.4) is 0 Å². The van der Waals surface area contributed by atoms with Crippen molar-refractivity contribution in [1.29, 1.82) is 0 Å². The highest BCUT2D eigenvalue weighted by molar-refractivity contribution is 6.26. The van der Waals surface area contributed by atoms with Gasteiger partial charge in [-0.1, -0.05) is 183 Å². The third-order valence-corrected chi connectivity index (χ3v) is 15.1. The fourth-order valence-corrected chi connectivity index (χ4v) is 11.8. The third kappa shape index (κ3) is 6.07. The van der Waals surface area contributed by atoms with E-state index in [0.29, 0.717) is 12.3 Å². The average Bonchev–Trinajstić information content (AvgIpc) is 4.09. The van der Waals surface area contributed by atoms with Gasteiger partial charge < -0.3 is 13.6 Å². The maximum Gasteiger partial charge on any atom is 0.160 e. The van der Waals surface area contributed by atoms with E-state index >= 15 is 0 Å². The van der Waals surface area contributed by atoms with Crippen molar-refractivity contribution in [1.82, 2.24) is 9.13 Å². The van der Waals surface area contributed by atoms with Crippen LogP contribution in [0.2, 0.25) is 0 Å². The molecule has 0 radical (unpaired) electrons. The first-order valence-corrected chi connectivity index (χ1v) is 24.9. The van der Waals surface area contributed by atoms with Crippen LogP contribution in [0.15, 0.2) is 245 Å². The second kappa shape index (κ2) is 15.9. The second-order valence-electron chi connectivity index (χ2n) is 19.2. The molecule has 5 nitrogen and oxygen atoms in total. The topological polar surface area (TPSA) is 47.7 Å². The van der Waals surface area contributed by atoms with Crippen LogP contribution in [0.25, 0.3) is 115 Å². The maximum atomic E-state index is 7.00. The lowest BCUT2D eigenvalue weighted by Crippen LogP contribution is -2.17. The fraction of sp³-hybridized carbons (Fsp3) is 0.0448. The minimum atomic E-state index is 0.0215. The molecule has 0 bridgehead atoms. The first-order valence-electron chi connectivity index (χ1n) is 24.9. The molecular formula is C67H44N4O. The number of allylic oxidation sites excluding steroid dienone is 1. The Hall–Kier alpha value is -9.32. The molecule has 0 amide bonds. The summed E-state index contributed by atoms with van der Waals surface area (Å²) in [4.78, 5) is 11.8. The quantitative estimate of drug-likeness (QED) is 0.170. The molecular weight excluding hydrogens is 877 g/mol. The van der Waals surface area contributed by atoms with Crippen molar-refractivity contribution in [3.05, 3.63) is 247 Å². The van der Waals surface area contributed by atoms with Crippen LogP contribution >= 0.6 is 0 Å². The summed E-state index contributed by atoms with van der Waals surface area (Å²) in [5.41, 5.74) is 13.5. The molecule has 11 aromatic carbocycles. The van der Waals surface area contributed by atoms with E-state index in [1.807, 2.05) is 0 Å². The molecule has 338 valence electrons. The second-order valence-corrected chi connectivity index (χ2v) is 19.2. The summed E-state index contributed by atoms with van der Waals surface area (Å²) < 4.78 is 11.9. The molecule has 3 aromatic heterocycles. The molecule has 0 spiro atoms. The standard InChI is InChI=1S/C67H44N4O/c1-41-34-36-56(68-67(52-30-17-21-42-18-7-8-24-47(42)52)69-64(41)45-35-37-59-54(39-45)48-25-11-14-31-57(48)70(59)46-22-3-2-4-23-46)62-50-27-9-10-28-51(50)66-63(53-29-13-16-33-61(53)72-66)65(62)71-58-32-15-12-26-49(58)55-38-43-19-5-6-20-44(43)40-60(55)71/h2-33,35-41H,34H2,1H3/b56-36+,68-67-,69-64+. The zero-order chi connectivity index (χ0) is 47.4. The van der Waals surface area contributed by atoms with Gasteiger partial charge in [0.15, 0.2) is 5.84 Å². The van der Waals surface area contributed by atoms with Gasteiger partial charge in [0.2, 0.25) is 0 Å². The van der Waals surface area contributed by atoms with E-state index < -0.39 is 0 Å². The van der Waals surface area contributed by atoms with Gasteiger partial charge >= 0.3 is 0 Å². The predicted octanol–water partition coefficient (Wildman–Crippen LogP) is 17.6. The number of fused-ring (bicyclic) bond motifs is 13. The summed E-state index contributed by atoms with van der Waals surface area (Å²) in [6, 6.07) is 80.8. The van der Waals surface area contributed by atoms with Crippen molar-refractivity contribution in [2.45, 2.75) is 13.3 Å². The summed E-state index contributed by atoms with van der Waals surface area (Å²) in [7, 11) is 0. The third-order valence-electron chi connectivity index (χ3n) is 15.1. The van der Waals surface area contributed by atoms with Crippen LogP contribution in [0.5, 0.6) is 0 Å². The molecule has 0 saturated heterocycles. The Bertz CT molecular complexity index is 4670. The van der Waals surface area contributed by atoms with E-state index in [2.05, 4.69) is 247 Å². The van der Waals surface area contributed by atoms with Crippen LogP contribution in [-0.2, 0) is 0 Å². The lowest BCUT2D eigenvalue weighted by Gasteiger charge is -2.22. The van der Waals surface area contributed by atoms with Crippen molar-refractivity contribution in [2.75, 3.05) is 0 Å². The lowest BCUT2D eigenvalue weighted by atomic mass is 9.90. The molecule has 1 aliphatic rings. The Balaban J connectivity index is 1.05. The summed E-state index contributed by atoms with van der Waals surface area (Å²) in [5.74, 6) is 0.694. The van der Waals surface area contributed by atoms with E-state index in [0.717, 1.165) is 99.5 Å². The highest BCUT2D eigenvalue weighted by Crippen LogP contribution is 2.48. The van der Waals surface area contributed by atoms with Crippen LogP contribution < -0.4 is 0 Å². The highest BCUT2D eigenvalue weighted by atomic mass is 16.3. The molecule has 5 heteroatoms. The smallest absolute Gasteiger partial charge is 0.160 e. The van der Waals surface area contributed by atoms with Crippen molar-refractivity contribution in [2.24, 2.45) is 15.9 Å². The first-order chi connectivity index (χ1) is 35.6. The van der Waals surface area contributed by atoms with E-state index in [1.165, 1.54) is 37.8 Å². The van der Waals surface area contributed by atoms with Crippen molar-refractivity contribution >= 4 is 115 Å². The number of amidine groups is 1. The monoisotopic (exact) mass is 920 g/mol. The molecule has 1 atom stereocenters. The molecule has 4 heterocycles. The Labute approximate surface area is 414 Å². The van der Waals surface area contributed by atoms with Crippen LogP contribution in [0.4, 0.5) is 0 Å². The number of benzene rings is 11. The molecule has 72 heavy (non-hydrogen) atoms. The van der Waals surface area contributed by atoms with Gasteiger partial charge in [-0.15, -0.1) is 0 Å². The van der Waals surface area contributed by atoms with Crippen LogP contribution in [-0.4, -0.2) is 20.7 Å². The van der Waals surface area contributed by atoms with Crippen molar-refractivity contribution in [3.63, 3.8) is 0 Å². The summed E-state index contributed by atoms with van der Waals surface area (Å²) >= 11 is 0. The predicted molar refractivity (Wildman–Crippen MR) is 303 cm³/mol. The van der Waals surface area contributed by atoms with E-state index in [9.17, 15) is 0 Å². The van der Waals surface area contributed by atoms with Gasteiger partial charge in [0, 0.05) is 55.0 Å². The van der Waals surface area contributed by atoms with E-state index in [4.69, 9.17) is 14.4 Å². The molecule has 0 aliphatic carbocycles. The fourth-order valence-electron chi connectivity index (χ4n) is 11.8. The SMILES string of the molecule is CC1C/C=C(c2c(-n3c4ccccc4c4cc5ccccc5cc43)c3c4ccccc4oc3c3ccccc23)/N=C(c2cccc3ccccc23)\N=C/1c1ccc2c(c1)c1ccccc1n2-c1ccccc1. The number of aromatic nitrogens is 2. The van der Waals surface area contributed by atoms with Gasteiger partial charge in [-0.05, 0) is 93.5 Å². The molecule has 0 N–H and O–H groups in total. The maximum absolute atomic E-state index is 7.00. The van der Waals surface area contributed by atoms with Gasteiger partial charge in [0.25, 0.3) is 0 Å². The minimum Gasteiger partial charge on any atom is -0.455 e. The van der Waals surface area contributed by atoms with Crippen LogP contribution in [0.1, 0.15) is 30.0 Å². The number of hydrogen-bond donors (Lipinski definition) is 0. The Morgan fingerprint density at radius 3 is 1.83 bits per heavy atom. The van der Waals surface area contributed by atoms with E-state index in [1.54, 1.807) is 0 Å². The van der Waals surface area contributed by atoms with E-state index in [-0.39, 0.29) is 5.92 Å². The Morgan fingerprint density at radius 1 is 0.444 bits per heavy atom. The first kappa shape index (κ1) is 40.6. The Morgan fingerprint density at radius 2 is 1.04 bits per heavy atom. The summed E-state index contributed by atoms with van der Waals surface area (Å²) in [6.45, 7) is 2.32. The molecule has 15 rings (SSSR count). The molecule has 1 unspecified atom stereocenters. The van der Waals surface area contributed by atoms with Gasteiger partial charge in [-0.3, -0.25) is 0 Å². The largest absolute Gasteiger partial charge is 0.455 e. The number of furan rings is 1. The summed E-state index contributed by atoms with van der Waals surface area (Å²) in [6.07, 6.45) is 3.09. The molecule has 0 saturated carbocycles. The zero-order valence-electron chi connectivity index (χ0n) is 39.4. The van der Waals surface area contributed by atoms with Gasteiger partial charge in [0.05, 0.1) is 44.5 Å². The van der Waals surface area contributed by atoms with Crippen molar-refractivity contribution < 1.29 is 4.42 Å². The minimum absolute atomic E-state index is 0.0215.